The van der Waals surface area contributed by atoms with Gasteiger partial charge in [0.25, 0.3) is 0 Å². The number of halogens is 1. The number of pyridine rings is 1. The molecule has 0 aliphatic heterocycles. The molecule has 0 saturated heterocycles. The predicted molar refractivity (Wildman–Crippen MR) is 35.4 cm³/mol. The fraction of sp³-hybridized carbons (Fsp3) is 0.286. The van der Waals surface area contributed by atoms with E-state index in [-0.39, 0.29) is 5.88 Å². The van der Waals surface area contributed by atoms with Crippen LogP contribution in [0.2, 0.25) is 0 Å². The number of rotatable bonds is 2. The largest absolute Gasteiger partial charge is 0.476 e. The van der Waals surface area contributed by atoms with Crippen molar-refractivity contribution >= 4 is 0 Å². The zero-order valence-corrected chi connectivity index (χ0v) is 5.67. The number of hydrogen-bond acceptors (Lipinski definition) is 2. The summed E-state index contributed by atoms with van der Waals surface area (Å²) >= 11 is 0. The third-order valence-corrected chi connectivity index (χ3v) is 1.01. The van der Waals surface area contributed by atoms with E-state index >= 15 is 0 Å². The molecule has 1 heterocycles. The lowest BCUT2D eigenvalue weighted by Gasteiger charge is -2.00. The maximum atomic E-state index is 12.6. The topological polar surface area (TPSA) is 22.1 Å². The summed E-state index contributed by atoms with van der Waals surface area (Å²) in [4.78, 5) is 3.67. The first-order chi connectivity index (χ1) is 4.84. The smallest absolute Gasteiger partial charge is 0.250 e. The Labute approximate surface area is 58.7 Å². The van der Waals surface area contributed by atoms with Crippen LogP contribution >= 0.6 is 0 Å². The Morgan fingerprint density at radius 3 is 3.10 bits per heavy atom. The molecule has 0 radical (unpaired) electrons. The Hall–Kier alpha value is -1.12. The fourth-order valence-corrected chi connectivity index (χ4v) is 0.614. The van der Waals surface area contributed by atoms with Crippen molar-refractivity contribution in [1.82, 2.24) is 4.98 Å². The van der Waals surface area contributed by atoms with Gasteiger partial charge >= 0.3 is 0 Å². The van der Waals surface area contributed by atoms with Gasteiger partial charge in [-0.3, -0.25) is 0 Å². The summed E-state index contributed by atoms with van der Waals surface area (Å²) in [6.45, 7) is 2.22. The predicted octanol–water partition coefficient (Wildman–Crippen LogP) is 1.62. The summed E-state index contributed by atoms with van der Waals surface area (Å²) in [5, 5.41) is 0. The van der Waals surface area contributed by atoms with Crippen LogP contribution in [0.1, 0.15) is 6.92 Å². The molecule has 0 aliphatic rings. The quantitative estimate of drug-likeness (QED) is 0.624. The van der Waals surface area contributed by atoms with Gasteiger partial charge in [-0.15, -0.1) is 0 Å². The van der Waals surface area contributed by atoms with Crippen LogP contribution in [-0.2, 0) is 0 Å². The van der Waals surface area contributed by atoms with E-state index in [2.05, 4.69) is 4.98 Å². The molecule has 0 aliphatic carbocycles. The van der Waals surface area contributed by atoms with Crippen LogP contribution in [0.3, 0.4) is 0 Å². The van der Waals surface area contributed by atoms with Gasteiger partial charge < -0.3 is 4.74 Å². The first-order valence-corrected chi connectivity index (χ1v) is 3.08. The molecule has 0 saturated carbocycles. The Morgan fingerprint density at radius 1 is 1.70 bits per heavy atom. The number of ether oxygens (including phenoxy) is 1. The van der Waals surface area contributed by atoms with Crippen molar-refractivity contribution in [3.05, 3.63) is 24.1 Å². The monoisotopic (exact) mass is 141 g/mol. The third-order valence-electron chi connectivity index (χ3n) is 1.01. The lowest BCUT2D eigenvalue weighted by atomic mass is 10.5. The van der Waals surface area contributed by atoms with Crippen LogP contribution < -0.4 is 4.74 Å². The summed E-state index contributed by atoms with van der Waals surface area (Å²) in [6.07, 6.45) is 1.49. The van der Waals surface area contributed by atoms with Gasteiger partial charge in [0.2, 0.25) is 5.88 Å². The van der Waals surface area contributed by atoms with Crippen molar-refractivity contribution in [3.8, 4) is 5.88 Å². The van der Waals surface area contributed by atoms with E-state index in [9.17, 15) is 4.39 Å². The Kier molecular flexibility index (Phi) is 2.20. The Morgan fingerprint density at radius 2 is 2.50 bits per heavy atom. The van der Waals surface area contributed by atoms with E-state index in [4.69, 9.17) is 4.74 Å². The van der Waals surface area contributed by atoms with Crippen LogP contribution in [0, 0.1) is 5.82 Å². The highest BCUT2D eigenvalue weighted by atomic mass is 19.1. The molecular weight excluding hydrogens is 133 g/mol. The molecule has 10 heavy (non-hydrogen) atoms. The zero-order valence-electron chi connectivity index (χ0n) is 5.67. The molecule has 0 fully saturated rings. The highest BCUT2D eigenvalue weighted by Crippen LogP contribution is 2.10. The van der Waals surface area contributed by atoms with E-state index in [1.165, 1.54) is 18.3 Å². The molecule has 1 aromatic heterocycles. The number of hydrogen-bond donors (Lipinski definition) is 0. The molecule has 0 spiro atoms. The molecule has 0 N–H and O–H groups in total. The standard InChI is InChI=1S/C7H8FNO/c1-2-10-7-6(8)4-3-5-9-7/h3-5H,2H2,1H3. The van der Waals surface area contributed by atoms with Crippen LogP contribution in [0.5, 0.6) is 5.88 Å². The van der Waals surface area contributed by atoms with Gasteiger partial charge in [-0.25, -0.2) is 9.37 Å². The van der Waals surface area contributed by atoms with Crippen molar-refractivity contribution in [1.29, 1.82) is 0 Å². The molecule has 1 aromatic rings. The number of nitrogens with zero attached hydrogens (tertiary/aromatic N) is 1. The van der Waals surface area contributed by atoms with Gasteiger partial charge in [0.05, 0.1) is 6.61 Å². The van der Waals surface area contributed by atoms with Crippen molar-refractivity contribution in [3.63, 3.8) is 0 Å². The van der Waals surface area contributed by atoms with Crippen molar-refractivity contribution in [2.75, 3.05) is 6.61 Å². The molecule has 0 aromatic carbocycles. The van der Waals surface area contributed by atoms with Crippen molar-refractivity contribution in [2.24, 2.45) is 0 Å². The maximum Gasteiger partial charge on any atom is 0.250 e. The van der Waals surface area contributed by atoms with Gasteiger partial charge in [-0.1, -0.05) is 0 Å². The Balaban J connectivity index is 2.81. The lowest BCUT2D eigenvalue weighted by molar-refractivity contribution is 0.307. The molecule has 1 rings (SSSR count). The average molecular weight is 141 g/mol. The summed E-state index contributed by atoms with van der Waals surface area (Å²) in [5.74, 6) is -0.339. The molecule has 0 atom stereocenters. The summed E-state index contributed by atoms with van der Waals surface area (Å²) in [7, 11) is 0. The molecule has 54 valence electrons. The maximum absolute atomic E-state index is 12.6. The second-order valence-corrected chi connectivity index (χ2v) is 1.72. The van der Waals surface area contributed by atoms with Gasteiger partial charge in [0.15, 0.2) is 5.82 Å². The summed E-state index contributed by atoms with van der Waals surface area (Å²) < 4.78 is 17.4. The third kappa shape index (κ3) is 1.43. The highest BCUT2D eigenvalue weighted by molar-refractivity contribution is 5.12. The fourth-order valence-electron chi connectivity index (χ4n) is 0.614. The minimum Gasteiger partial charge on any atom is -0.476 e. The normalized spacial score (nSPS) is 9.40. The summed E-state index contributed by atoms with van der Waals surface area (Å²) in [5.41, 5.74) is 0. The van der Waals surface area contributed by atoms with E-state index < -0.39 is 5.82 Å². The molecule has 2 nitrogen and oxygen atoms in total. The van der Waals surface area contributed by atoms with E-state index in [0.717, 1.165) is 0 Å². The molecule has 0 amide bonds. The molecule has 0 unspecified atom stereocenters. The first kappa shape index (κ1) is 6.99. The van der Waals surface area contributed by atoms with Crippen LogP contribution in [0.15, 0.2) is 18.3 Å². The zero-order chi connectivity index (χ0) is 7.40. The highest BCUT2D eigenvalue weighted by Gasteiger charge is 1.99. The van der Waals surface area contributed by atoms with E-state index in [0.29, 0.717) is 6.61 Å². The molecule has 3 heteroatoms. The minimum atomic E-state index is -0.413. The van der Waals surface area contributed by atoms with Crippen LogP contribution in [-0.4, -0.2) is 11.6 Å². The number of aromatic nitrogens is 1. The van der Waals surface area contributed by atoms with E-state index in [1.54, 1.807) is 6.92 Å². The first-order valence-electron chi connectivity index (χ1n) is 3.08. The van der Waals surface area contributed by atoms with Crippen molar-refractivity contribution in [2.45, 2.75) is 6.92 Å². The second kappa shape index (κ2) is 3.15. The van der Waals surface area contributed by atoms with Gasteiger partial charge in [-0.05, 0) is 19.1 Å². The molecule has 0 bridgehead atoms. The molecular formula is C7H8FNO. The second-order valence-electron chi connectivity index (χ2n) is 1.72. The van der Waals surface area contributed by atoms with Crippen LogP contribution in [0.4, 0.5) is 4.39 Å². The average Bonchev–Trinajstić information content (AvgIpc) is 1.94. The van der Waals surface area contributed by atoms with Crippen LogP contribution in [0.25, 0.3) is 0 Å². The van der Waals surface area contributed by atoms with Crippen molar-refractivity contribution < 1.29 is 9.13 Å². The van der Waals surface area contributed by atoms with Gasteiger partial charge in [-0.2, -0.15) is 0 Å². The Bertz CT molecular complexity index is 215. The summed E-state index contributed by atoms with van der Waals surface area (Å²) in [6, 6.07) is 2.84. The lowest BCUT2D eigenvalue weighted by Crippen LogP contribution is -1.96. The SMILES string of the molecule is CCOc1ncccc1F. The van der Waals surface area contributed by atoms with Gasteiger partial charge in [0, 0.05) is 6.20 Å². The van der Waals surface area contributed by atoms with E-state index in [1.807, 2.05) is 0 Å². The van der Waals surface area contributed by atoms with Gasteiger partial charge in [0.1, 0.15) is 0 Å². The minimum absolute atomic E-state index is 0.0741.